The summed E-state index contributed by atoms with van der Waals surface area (Å²) in [5.41, 5.74) is 0. The van der Waals surface area contributed by atoms with Crippen LogP contribution in [0.1, 0.15) is 44.9 Å². The topological polar surface area (TPSA) is 12.0 Å². The highest BCUT2D eigenvalue weighted by molar-refractivity contribution is 7.99. The smallest absolute Gasteiger partial charge is 0.310 e. The highest BCUT2D eigenvalue weighted by Gasteiger charge is 2.42. The van der Waals surface area contributed by atoms with E-state index in [2.05, 4.69) is 11.6 Å². The Bertz CT molecular complexity index is 269. The van der Waals surface area contributed by atoms with Crippen molar-refractivity contribution in [1.29, 1.82) is 0 Å². The third-order valence-electron chi connectivity index (χ3n) is 4.34. The molecular formula is C13H22F3NS. The number of hydrogen-bond acceptors (Lipinski definition) is 2. The normalized spacial score (nSPS) is 38.0. The van der Waals surface area contributed by atoms with E-state index < -0.39 is 12.1 Å². The van der Waals surface area contributed by atoms with Gasteiger partial charge >= 0.3 is 6.18 Å². The first-order valence-corrected chi connectivity index (χ1v) is 8.15. The highest BCUT2D eigenvalue weighted by Crippen LogP contribution is 2.38. The van der Waals surface area contributed by atoms with Crippen molar-refractivity contribution in [1.82, 2.24) is 5.32 Å². The fourth-order valence-corrected chi connectivity index (χ4v) is 4.29. The van der Waals surface area contributed by atoms with Crippen molar-refractivity contribution < 1.29 is 13.2 Å². The Morgan fingerprint density at radius 2 is 1.78 bits per heavy atom. The number of nitrogens with one attached hydrogen (secondary N) is 1. The van der Waals surface area contributed by atoms with Crippen molar-refractivity contribution in [2.45, 2.75) is 68.5 Å². The highest BCUT2D eigenvalue weighted by atomic mass is 32.2. The molecule has 106 valence electrons. The van der Waals surface area contributed by atoms with E-state index in [0.717, 1.165) is 12.8 Å². The predicted octanol–water partition coefficient (Wildman–Crippen LogP) is 3.98. The molecule has 0 aromatic carbocycles. The zero-order chi connectivity index (χ0) is 13.2. The summed E-state index contributed by atoms with van der Waals surface area (Å²) in [5, 5.41) is 4.09. The minimum absolute atomic E-state index is 0.0723. The van der Waals surface area contributed by atoms with Gasteiger partial charge < -0.3 is 5.32 Å². The van der Waals surface area contributed by atoms with Crippen LogP contribution in [0.3, 0.4) is 0 Å². The molecule has 5 heteroatoms. The lowest BCUT2D eigenvalue weighted by Crippen LogP contribution is -2.45. The molecular weight excluding hydrogens is 259 g/mol. The second-order valence-electron chi connectivity index (χ2n) is 5.58. The number of alkyl halides is 3. The van der Waals surface area contributed by atoms with Crippen LogP contribution in [0.2, 0.25) is 0 Å². The molecule has 0 amide bonds. The number of rotatable bonds is 3. The van der Waals surface area contributed by atoms with Crippen LogP contribution in [0.25, 0.3) is 0 Å². The molecule has 0 aromatic rings. The summed E-state index contributed by atoms with van der Waals surface area (Å²) in [6, 6.07) is 0.500. The van der Waals surface area contributed by atoms with E-state index in [-0.39, 0.29) is 12.5 Å². The van der Waals surface area contributed by atoms with Crippen LogP contribution in [-0.2, 0) is 0 Å². The Morgan fingerprint density at radius 1 is 1.06 bits per heavy atom. The average Bonchev–Trinajstić information content (AvgIpc) is 2.75. The molecule has 2 aliphatic rings. The molecule has 0 aliphatic heterocycles. The minimum Gasteiger partial charge on any atom is -0.310 e. The fourth-order valence-electron chi connectivity index (χ4n) is 3.34. The zero-order valence-corrected chi connectivity index (χ0v) is 11.6. The number of halogens is 3. The second-order valence-corrected chi connectivity index (χ2v) is 6.66. The van der Waals surface area contributed by atoms with Crippen LogP contribution in [0.15, 0.2) is 0 Å². The van der Waals surface area contributed by atoms with Crippen molar-refractivity contribution in [3.8, 4) is 0 Å². The summed E-state index contributed by atoms with van der Waals surface area (Å²) < 4.78 is 38.2. The molecule has 4 unspecified atom stereocenters. The molecule has 0 radical (unpaired) electrons. The molecule has 1 N–H and O–H groups in total. The molecule has 18 heavy (non-hydrogen) atoms. The van der Waals surface area contributed by atoms with E-state index >= 15 is 0 Å². The summed E-state index contributed by atoms with van der Waals surface area (Å²) >= 11 is 1.85. The Labute approximate surface area is 111 Å². The van der Waals surface area contributed by atoms with Gasteiger partial charge in [-0.1, -0.05) is 12.8 Å². The van der Waals surface area contributed by atoms with Gasteiger partial charge in [0.1, 0.15) is 0 Å². The molecule has 2 saturated carbocycles. The summed E-state index contributed by atoms with van der Waals surface area (Å²) in [7, 11) is 0. The standard InChI is InChI=1S/C13H22F3NS/c1-18-12-7-3-6-11(12)17-10-5-2-4-9(8-10)13(14,15)16/h9-12,17H,2-8H2,1H3. The fraction of sp³-hybridized carbons (Fsp3) is 1.00. The van der Waals surface area contributed by atoms with Crippen molar-refractivity contribution in [3.63, 3.8) is 0 Å². The molecule has 0 saturated heterocycles. The molecule has 1 nitrogen and oxygen atoms in total. The maximum absolute atomic E-state index is 12.7. The quantitative estimate of drug-likeness (QED) is 0.839. The minimum atomic E-state index is -4.01. The third-order valence-corrected chi connectivity index (χ3v) is 5.51. The van der Waals surface area contributed by atoms with Gasteiger partial charge in [0.25, 0.3) is 0 Å². The summed E-state index contributed by atoms with van der Waals surface area (Å²) in [6.45, 7) is 0. The Kier molecular flexibility index (Phi) is 4.86. The zero-order valence-electron chi connectivity index (χ0n) is 10.8. The summed E-state index contributed by atoms with van der Waals surface area (Å²) in [4.78, 5) is 0. The lowest BCUT2D eigenvalue weighted by Gasteiger charge is -2.34. The van der Waals surface area contributed by atoms with Crippen LogP contribution in [0, 0.1) is 5.92 Å². The van der Waals surface area contributed by atoms with Crippen LogP contribution in [-0.4, -0.2) is 29.8 Å². The first-order valence-electron chi connectivity index (χ1n) is 6.86. The van der Waals surface area contributed by atoms with Gasteiger partial charge in [-0.3, -0.25) is 0 Å². The number of thioether (sulfide) groups is 1. The van der Waals surface area contributed by atoms with Crippen molar-refractivity contribution >= 4 is 11.8 Å². The van der Waals surface area contributed by atoms with E-state index in [1.165, 1.54) is 12.8 Å². The van der Waals surface area contributed by atoms with Gasteiger partial charge in [-0.15, -0.1) is 0 Å². The molecule has 4 atom stereocenters. The van der Waals surface area contributed by atoms with E-state index in [1.54, 1.807) is 0 Å². The molecule has 0 spiro atoms. The maximum Gasteiger partial charge on any atom is 0.391 e. The maximum atomic E-state index is 12.7. The van der Waals surface area contributed by atoms with Gasteiger partial charge in [-0.2, -0.15) is 24.9 Å². The number of hydrogen-bond donors (Lipinski definition) is 1. The van der Waals surface area contributed by atoms with Crippen molar-refractivity contribution in [2.75, 3.05) is 6.26 Å². The van der Waals surface area contributed by atoms with E-state index in [9.17, 15) is 13.2 Å². The molecule has 2 aliphatic carbocycles. The second kappa shape index (κ2) is 6.04. The average molecular weight is 281 g/mol. The lowest BCUT2D eigenvalue weighted by molar-refractivity contribution is -0.183. The summed E-state index contributed by atoms with van der Waals surface area (Å²) in [6.07, 6.45) is 3.84. The van der Waals surface area contributed by atoms with E-state index in [4.69, 9.17) is 0 Å². The van der Waals surface area contributed by atoms with E-state index in [1.807, 2.05) is 11.8 Å². The largest absolute Gasteiger partial charge is 0.391 e. The molecule has 2 rings (SSSR count). The van der Waals surface area contributed by atoms with Gasteiger partial charge in [-0.05, 0) is 38.4 Å². The van der Waals surface area contributed by atoms with Crippen LogP contribution in [0.5, 0.6) is 0 Å². The summed E-state index contributed by atoms with van der Waals surface area (Å²) in [5.74, 6) is -1.09. The molecule has 0 heterocycles. The molecule has 2 fully saturated rings. The van der Waals surface area contributed by atoms with Gasteiger partial charge in [0.15, 0.2) is 0 Å². The van der Waals surface area contributed by atoms with Crippen LogP contribution in [0.4, 0.5) is 13.2 Å². The van der Waals surface area contributed by atoms with Gasteiger partial charge in [-0.25, -0.2) is 0 Å². The SMILES string of the molecule is CSC1CCCC1NC1CCCC(C(F)(F)F)C1. The van der Waals surface area contributed by atoms with Gasteiger partial charge in [0.2, 0.25) is 0 Å². The first-order chi connectivity index (χ1) is 8.50. The Balaban J connectivity index is 1.86. The van der Waals surface area contributed by atoms with Gasteiger partial charge in [0, 0.05) is 17.3 Å². The Hall–Kier alpha value is 0.100. The van der Waals surface area contributed by atoms with E-state index in [0.29, 0.717) is 24.1 Å². The van der Waals surface area contributed by atoms with Crippen molar-refractivity contribution in [3.05, 3.63) is 0 Å². The predicted molar refractivity (Wildman–Crippen MR) is 69.9 cm³/mol. The first kappa shape index (κ1) is 14.5. The van der Waals surface area contributed by atoms with Crippen LogP contribution >= 0.6 is 11.8 Å². The molecule has 0 bridgehead atoms. The van der Waals surface area contributed by atoms with Crippen LogP contribution < -0.4 is 5.32 Å². The Morgan fingerprint density at radius 3 is 2.44 bits per heavy atom. The third kappa shape index (κ3) is 3.56. The monoisotopic (exact) mass is 281 g/mol. The van der Waals surface area contributed by atoms with Crippen molar-refractivity contribution in [2.24, 2.45) is 5.92 Å². The van der Waals surface area contributed by atoms with Gasteiger partial charge in [0.05, 0.1) is 5.92 Å². The lowest BCUT2D eigenvalue weighted by atomic mass is 9.85. The molecule has 0 aromatic heterocycles.